The Morgan fingerprint density at radius 3 is 2.00 bits per heavy atom. The molecule has 0 bridgehead atoms. The van der Waals surface area contributed by atoms with Crippen molar-refractivity contribution in [3.63, 3.8) is 0 Å². The van der Waals surface area contributed by atoms with Gasteiger partial charge in [0.15, 0.2) is 9.84 Å². The predicted molar refractivity (Wildman–Crippen MR) is 30.5 cm³/mol. The van der Waals surface area contributed by atoms with Gasteiger partial charge in [0.05, 0.1) is 0 Å². The molecule has 0 aliphatic rings. The first-order valence-electron chi connectivity index (χ1n) is 2.03. The van der Waals surface area contributed by atoms with Crippen LogP contribution in [0.15, 0.2) is 0 Å². The number of hydrogen-bond donors (Lipinski definition) is 2. The third-order valence-corrected chi connectivity index (χ3v) is 1.83. The molecule has 0 unspecified atom stereocenters. The lowest BCUT2D eigenvalue weighted by Crippen LogP contribution is -2.37. The molecule has 3 N–H and O–H groups in total. The highest BCUT2D eigenvalue weighted by Crippen LogP contribution is 1.88. The summed E-state index contributed by atoms with van der Waals surface area (Å²) in [5.41, 5.74) is 4.71. The zero-order chi connectivity index (χ0) is 7.65. The third kappa shape index (κ3) is 2.43. The predicted octanol–water partition coefficient (Wildman–Crippen LogP) is -1.60. The van der Waals surface area contributed by atoms with Crippen LogP contribution in [-0.4, -0.2) is 31.1 Å². The maximum Gasteiger partial charge on any atom is 0.336 e. The van der Waals surface area contributed by atoms with E-state index in [0.29, 0.717) is 0 Å². The summed E-state index contributed by atoms with van der Waals surface area (Å²) >= 11 is 0. The van der Waals surface area contributed by atoms with Gasteiger partial charge in [-0.25, -0.2) is 13.2 Å². The van der Waals surface area contributed by atoms with Gasteiger partial charge in [-0.2, -0.15) is 0 Å². The van der Waals surface area contributed by atoms with Crippen molar-refractivity contribution in [3.05, 3.63) is 0 Å². The monoisotopic (exact) mass is 153 g/mol. The van der Waals surface area contributed by atoms with E-state index in [-0.39, 0.29) is 0 Å². The lowest BCUT2D eigenvalue weighted by molar-refractivity contribution is -0.136. The molecule has 0 amide bonds. The molecule has 0 saturated carbocycles. The summed E-state index contributed by atoms with van der Waals surface area (Å²) in [6.07, 6.45) is 0.770. The summed E-state index contributed by atoms with van der Waals surface area (Å²) in [4.78, 5) is 9.84. The summed E-state index contributed by atoms with van der Waals surface area (Å²) in [5.74, 6) is -1.53. The van der Waals surface area contributed by atoms with Crippen LogP contribution in [0.4, 0.5) is 0 Å². The molecule has 0 rings (SSSR count). The second-order valence-corrected chi connectivity index (χ2v) is 3.76. The Morgan fingerprint density at radius 1 is 1.67 bits per heavy atom. The van der Waals surface area contributed by atoms with Crippen molar-refractivity contribution in [2.75, 3.05) is 6.26 Å². The summed E-state index contributed by atoms with van der Waals surface area (Å²) in [7, 11) is -3.62. The van der Waals surface area contributed by atoms with E-state index in [0.717, 1.165) is 6.26 Å². The molecular formula is C3H7NO4S. The lowest BCUT2D eigenvalue weighted by atomic mass is 10.7. The molecule has 0 aromatic rings. The van der Waals surface area contributed by atoms with Gasteiger partial charge in [-0.05, 0) is 0 Å². The molecule has 0 aliphatic heterocycles. The van der Waals surface area contributed by atoms with Gasteiger partial charge in [-0.1, -0.05) is 0 Å². The quantitative estimate of drug-likeness (QED) is 0.498. The average Bonchev–Trinajstić information content (AvgIpc) is 1.62. The SMILES string of the molecule is CS(=O)(=O)[C@H](N)C(=O)O. The van der Waals surface area contributed by atoms with Crippen molar-refractivity contribution in [3.8, 4) is 0 Å². The van der Waals surface area contributed by atoms with Gasteiger partial charge >= 0.3 is 5.97 Å². The zero-order valence-electron chi connectivity index (χ0n) is 4.73. The molecule has 0 aliphatic carbocycles. The Morgan fingerprint density at radius 2 is 2.00 bits per heavy atom. The van der Waals surface area contributed by atoms with Gasteiger partial charge in [0.2, 0.25) is 5.37 Å². The van der Waals surface area contributed by atoms with Crippen LogP contribution in [0.1, 0.15) is 0 Å². The van der Waals surface area contributed by atoms with E-state index in [2.05, 4.69) is 0 Å². The first-order chi connectivity index (χ1) is 3.85. The molecule has 0 radical (unpaired) electrons. The van der Waals surface area contributed by atoms with Gasteiger partial charge in [0, 0.05) is 6.26 Å². The third-order valence-electron chi connectivity index (χ3n) is 0.705. The Labute approximate surface area is 52.4 Å². The highest BCUT2D eigenvalue weighted by Gasteiger charge is 2.22. The minimum Gasteiger partial charge on any atom is -0.479 e. The summed E-state index contributed by atoms with van der Waals surface area (Å²) in [6.45, 7) is 0. The fourth-order valence-corrected chi connectivity index (χ4v) is 0.549. The Hall–Kier alpha value is -0.620. The number of carboxylic acid groups (broad SMARTS) is 1. The molecule has 0 spiro atoms. The van der Waals surface area contributed by atoms with Crippen molar-refractivity contribution < 1.29 is 18.3 Å². The molecule has 0 heterocycles. The van der Waals surface area contributed by atoms with E-state index in [1.54, 1.807) is 0 Å². The maximum absolute atomic E-state index is 10.3. The highest BCUT2D eigenvalue weighted by atomic mass is 32.2. The largest absolute Gasteiger partial charge is 0.479 e. The Kier molecular flexibility index (Phi) is 2.16. The van der Waals surface area contributed by atoms with Crippen molar-refractivity contribution in [1.29, 1.82) is 0 Å². The van der Waals surface area contributed by atoms with Crippen LogP contribution >= 0.6 is 0 Å². The molecule has 0 fully saturated rings. The molecule has 5 nitrogen and oxygen atoms in total. The standard InChI is InChI=1S/C3H7NO4S/c1-9(7,8)2(4)3(5)6/h2H,4H2,1H3,(H,5,6)/t2-/m0/s1. The van der Waals surface area contributed by atoms with E-state index in [1.165, 1.54) is 0 Å². The number of nitrogens with two attached hydrogens (primary N) is 1. The number of sulfone groups is 1. The maximum atomic E-state index is 10.3. The van der Waals surface area contributed by atoms with Crippen LogP contribution in [-0.2, 0) is 14.6 Å². The lowest BCUT2D eigenvalue weighted by Gasteiger charge is -2.00. The molecule has 1 atom stereocenters. The smallest absolute Gasteiger partial charge is 0.336 e. The molecule has 9 heavy (non-hydrogen) atoms. The van der Waals surface area contributed by atoms with Gasteiger partial charge in [0.1, 0.15) is 0 Å². The minimum absolute atomic E-state index is 0.770. The van der Waals surface area contributed by atoms with E-state index < -0.39 is 21.2 Å². The van der Waals surface area contributed by atoms with E-state index in [4.69, 9.17) is 10.8 Å². The topological polar surface area (TPSA) is 97.5 Å². The van der Waals surface area contributed by atoms with Gasteiger partial charge in [-0.15, -0.1) is 0 Å². The van der Waals surface area contributed by atoms with Crippen molar-refractivity contribution in [2.24, 2.45) is 5.73 Å². The molecule has 6 heteroatoms. The second-order valence-electron chi connectivity index (χ2n) is 1.59. The number of carboxylic acids is 1. The second kappa shape index (κ2) is 2.32. The summed E-state index contributed by atoms with van der Waals surface area (Å²) in [6, 6.07) is 0. The number of rotatable bonds is 2. The van der Waals surface area contributed by atoms with Crippen molar-refractivity contribution >= 4 is 15.8 Å². The highest BCUT2D eigenvalue weighted by molar-refractivity contribution is 7.92. The zero-order valence-corrected chi connectivity index (χ0v) is 5.55. The van der Waals surface area contributed by atoms with Crippen LogP contribution in [0.5, 0.6) is 0 Å². The fourth-order valence-electron chi connectivity index (χ4n) is 0.183. The normalized spacial score (nSPS) is 14.9. The van der Waals surface area contributed by atoms with Crippen LogP contribution in [0.25, 0.3) is 0 Å². The van der Waals surface area contributed by atoms with E-state index in [1.807, 2.05) is 0 Å². The van der Waals surface area contributed by atoms with Crippen molar-refractivity contribution in [1.82, 2.24) is 0 Å². The number of hydrogen-bond acceptors (Lipinski definition) is 4. The molecule has 54 valence electrons. The van der Waals surface area contributed by atoms with Gasteiger partial charge in [-0.3, -0.25) is 0 Å². The van der Waals surface area contributed by atoms with E-state index >= 15 is 0 Å². The first-order valence-corrected chi connectivity index (χ1v) is 3.98. The van der Waals surface area contributed by atoms with Crippen molar-refractivity contribution in [2.45, 2.75) is 5.37 Å². The Bertz CT molecular complexity index is 206. The minimum atomic E-state index is -3.62. The molecule has 0 aromatic carbocycles. The molecule has 0 aromatic heterocycles. The Balaban J connectivity index is 4.43. The van der Waals surface area contributed by atoms with Gasteiger partial charge in [0.25, 0.3) is 0 Å². The van der Waals surface area contributed by atoms with Crippen LogP contribution in [0.3, 0.4) is 0 Å². The number of aliphatic carboxylic acids is 1. The van der Waals surface area contributed by atoms with E-state index in [9.17, 15) is 13.2 Å². The number of carbonyl (C=O) groups is 1. The van der Waals surface area contributed by atoms with Crippen LogP contribution in [0, 0.1) is 0 Å². The molecular weight excluding hydrogens is 146 g/mol. The average molecular weight is 153 g/mol. The van der Waals surface area contributed by atoms with Gasteiger partial charge < -0.3 is 10.8 Å². The first kappa shape index (κ1) is 8.38. The fraction of sp³-hybridized carbons (Fsp3) is 0.667. The molecule has 0 saturated heterocycles. The van der Waals surface area contributed by atoms with Crippen LogP contribution in [0.2, 0.25) is 0 Å². The van der Waals surface area contributed by atoms with Crippen LogP contribution < -0.4 is 5.73 Å². The summed E-state index contributed by atoms with van der Waals surface area (Å²) in [5, 5.41) is 6.22. The summed E-state index contributed by atoms with van der Waals surface area (Å²) < 4.78 is 20.5.